The molecule has 1 rings (SSSR count). The van der Waals surface area contributed by atoms with E-state index in [4.69, 9.17) is 9.47 Å². The summed E-state index contributed by atoms with van der Waals surface area (Å²) in [6.45, 7) is 0.258. The zero-order valence-electron chi connectivity index (χ0n) is 9.12. The molecule has 0 heterocycles. The lowest BCUT2D eigenvalue weighted by Crippen LogP contribution is -2.24. The molecule has 3 heteroatoms. The highest BCUT2D eigenvalue weighted by Crippen LogP contribution is 2.28. The fourth-order valence-electron chi connectivity index (χ4n) is 2.18. The van der Waals surface area contributed by atoms with Crippen LogP contribution in [0.25, 0.3) is 0 Å². The van der Waals surface area contributed by atoms with E-state index in [9.17, 15) is 4.79 Å². The van der Waals surface area contributed by atoms with Crippen molar-refractivity contribution in [3.05, 3.63) is 0 Å². The molecule has 1 aliphatic carbocycles. The van der Waals surface area contributed by atoms with Gasteiger partial charge in [0.15, 0.2) is 5.78 Å². The number of ether oxygens (including phenoxy) is 2. The Morgan fingerprint density at radius 1 is 1.36 bits per heavy atom. The molecule has 1 fully saturated rings. The van der Waals surface area contributed by atoms with Crippen LogP contribution in [0.4, 0.5) is 0 Å². The summed E-state index contributed by atoms with van der Waals surface area (Å²) in [7, 11) is 3.32. The molecule has 0 aliphatic heterocycles. The van der Waals surface area contributed by atoms with Gasteiger partial charge in [0.25, 0.3) is 0 Å². The van der Waals surface area contributed by atoms with Gasteiger partial charge in [-0.15, -0.1) is 0 Å². The first-order chi connectivity index (χ1) is 6.76. The number of Topliss-reactive ketones (excluding diaryl/α,β-unsaturated/α-hetero) is 1. The number of hydrogen-bond donors (Lipinski definition) is 0. The van der Waals surface area contributed by atoms with E-state index < -0.39 is 0 Å². The summed E-state index contributed by atoms with van der Waals surface area (Å²) in [6.07, 6.45) is 5.55. The van der Waals surface area contributed by atoms with Crippen molar-refractivity contribution in [3.63, 3.8) is 0 Å². The number of hydrogen-bond acceptors (Lipinski definition) is 3. The molecule has 14 heavy (non-hydrogen) atoms. The molecule has 0 radical (unpaired) electrons. The molecule has 0 aromatic rings. The monoisotopic (exact) mass is 200 g/mol. The highest BCUT2D eigenvalue weighted by molar-refractivity contribution is 5.79. The zero-order valence-corrected chi connectivity index (χ0v) is 9.12. The van der Waals surface area contributed by atoms with Crippen molar-refractivity contribution in [1.29, 1.82) is 0 Å². The summed E-state index contributed by atoms with van der Waals surface area (Å²) in [4.78, 5) is 11.3. The lowest BCUT2D eigenvalue weighted by molar-refractivity contribution is -0.124. The molecular formula is C11H20O3. The lowest BCUT2D eigenvalue weighted by atomic mass is 9.84. The number of ketones is 1. The van der Waals surface area contributed by atoms with Gasteiger partial charge in [0.2, 0.25) is 0 Å². The Morgan fingerprint density at radius 3 is 2.79 bits per heavy atom. The van der Waals surface area contributed by atoms with Crippen molar-refractivity contribution in [2.75, 3.05) is 20.8 Å². The smallest absolute Gasteiger partial charge is 0.158 e. The van der Waals surface area contributed by atoms with Crippen molar-refractivity contribution in [2.45, 2.75) is 38.2 Å². The number of carbonyl (C=O) groups is 1. The van der Waals surface area contributed by atoms with E-state index >= 15 is 0 Å². The van der Waals surface area contributed by atoms with Gasteiger partial charge in [0.1, 0.15) is 6.61 Å². The SMILES string of the molecule is COCC(=O)CC1CCCC(OC)C1. The van der Waals surface area contributed by atoms with Gasteiger partial charge in [-0.1, -0.05) is 6.42 Å². The average Bonchev–Trinajstić information content (AvgIpc) is 2.18. The van der Waals surface area contributed by atoms with Crippen LogP contribution in [0, 0.1) is 5.92 Å². The third-order valence-electron chi connectivity index (χ3n) is 2.89. The molecule has 3 nitrogen and oxygen atoms in total. The van der Waals surface area contributed by atoms with Crippen molar-refractivity contribution in [2.24, 2.45) is 5.92 Å². The van der Waals surface area contributed by atoms with Crippen LogP contribution in [0.1, 0.15) is 32.1 Å². The number of carbonyl (C=O) groups excluding carboxylic acids is 1. The Kier molecular flexibility index (Phi) is 5.12. The largest absolute Gasteiger partial charge is 0.381 e. The quantitative estimate of drug-likeness (QED) is 0.678. The summed E-state index contributed by atoms with van der Waals surface area (Å²) in [5.74, 6) is 0.727. The fraction of sp³-hybridized carbons (Fsp3) is 0.909. The van der Waals surface area contributed by atoms with Crippen LogP contribution < -0.4 is 0 Å². The van der Waals surface area contributed by atoms with Crippen molar-refractivity contribution < 1.29 is 14.3 Å². The second kappa shape index (κ2) is 6.14. The summed E-state index contributed by atoms with van der Waals surface area (Å²) in [5.41, 5.74) is 0. The van der Waals surface area contributed by atoms with Crippen LogP contribution >= 0.6 is 0 Å². The molecule has 0 aromatic heterocycles. The molecule has 1 saturated carbocycles. The van der Waals surface area contributed by atoms with Gasteiger partial charge < -0.3 is 9.47 Å². The van der Waals surface area contributed by atoms with Crippen molar-refractivity contribution >= 4 is 5.78 Å². The maximum absolute atomic E-state index is 11.3. The number of rotatable bonds is 5. The van der Waals surface area contributed by atoms with E-state index in [1.807, 2.05) is 0 Å². The van der Waals surface area contributed by atoms with E-state index in [1.54, 1.807) is 14.2 Å². The lowest BCUT2D eigenvalue weighted by Gasteiger charge is -2.27. The summed E-state index contributed by atoms with van der Waals surface area (Å²) in [5, 5.41) is 0. The molecule has 2 atom stereocenters. The van der Waals surface area contributed by atoms with Crippen molar-refractivity contribution in [3.8, 4) is 0 Å². The minimum absolute atomic E-state index is 0.217. The highest BCUT2D eigenvalue weighted by atomic mass is 16.5. The molecule has 0 N–H and O–H groups in total. The van der Waals surface area contributed by atoms with E-state index in [2.05, 4.69) is 0 Å². The standard InChI is InChI=1S/C11H20O3/c1-13-8-10(12)6-9-4-3-5-11(7-9)14-2/h9,11H,3-8H2,1-2H3. The normalized spacial score (nSPS) is 27.6. The van der Waals surface area contributed by atoms with Crippen LogP contribution in [0.5, 0.6) is 0 Å². The van der Waals surface area contributed by atoms with Crippen LogP contribution in [0.3, 0.4) is 0 Å². The molecule has 0 bridgehead atoms. The third-order valence-corrected chi connectivity index (χ3v) is 2.89. The predicted octanol–water partition coefficient (Wildman–Crippen LogP) is 1.80. The van der Waals surface area contributed by atoms with E-state index in [1.165, 1.54) is 6.42 Å². The number of methoxy groups -OCH3 is 2. The molecule has 0 aromatic carbocycles. The van der Waals surface area contributed by atoms with Gasteiger partial charge in [-0.2, -0.15) is 0 Å². The summed E-state index contributed by atoms with van der Waals surface area (Å²) in [6, 6.07) is 0. The van der Waals surface area contributed by atoms with Crippen LogP contribution in [-0.2, 0) is 14.3 Å². The Morgan fingerprint density at radius 2 is 2.14 bits per heavy atom. The molecular weight excluding hydrogens is 180 g/mol. The Labute approximate surface area is 85.8 Å². The first-order valence-corrected chi connectivity index (χ1v) is 5.29. The van der Waals surface area contributed by atoms with Crippen LogP contribution in [0.2, 0.25) is 0 Å². The van der Waals surface area contributed by atoms with Gasteiger partial charge in [-0.25, -0.2) is 0 Å². The van der Waals surface area contributed by atoms with E-state index in [0.29, 0.717) is 18.4 Å². The summed E-state index contributed by atoms with van der Waals surface area (Å²) >= 11 is 0. The molecule has 0 saturated heterocycles. The van der Waals surface area contributed by atoms with Gasteiger partial charge >= 0.3 is 0 Å². The highest BCUT2D eigenvalue weighted by Gasteiger charge is 2.23. The van der Waals surface area contributed by atoms with Crippen LogP contribution in [0.15, 0.2) is 0 Å². The molecule has 1 aliphatic rings. The maximum atomic E-state index is 11.3. The van der Waals surface area contributed by atoms with E-state index in [-0.39, 0.29) is 12.4 Å². The van der Waals surface area contributed by atoms with Gasteiger partial charge in [-0.05, 0) is 25.2 Å². The molecule has 2 unspecified atom stereocenters. The van der Waals surface area contributed by atoms with E-state index in [0.717, 1.165) is 19.3 Å². The second-order valence-electron chi connectivity index (χ2n) is 4.07. The van der Waals surface area contributed by atoms with Gasteiger partial charge in [0.05, 0.1) is 6.10 Å². The van der Waals surface area contributed by atoms with Gasteiger partial charge in [0, 0.05) is 20.6 Å². The minimum Gasteiger partial charge on any atom is -0.381 e. The topological polar surface area (TPSA) is 35.5 Å². The van der Waals surface area contributed by atoms with Gasteiger partial charge in [-0.3, -0.25) is 4.79 Å². The molecule has 82 valence electrons. The molecule has 0 amide bonds. The summed E-state index contributed by atoms with van der Waals surface area (Å²) < 4.78 is 10.1. The Hall–Kier alpha value is -0.410. The Bertz CT molecular complexity index is 179. The zero-order chi connectivity index (χ0) is 10.4. The minimum atomic E-state index is 0.217. The molecule has 0 spiro atoms. The second-order valence-corrected chi connectivity index (χ2v) is 4.07. The predicted molar refractivity (Wildman–Crippen MR) is 54.3 cm³/mol. The first-order valence-electron chi connectivity index (χ1n) is 5.29. The van der Waals surface area contributed by atoms with Crippen LogP contribution in [-0.4, -0.2) is 32.7 Å². The maximum Gasteiger partial charge on any atom is 0.158 e. The average molecular weight is 200 g/mol. The van der Waals surface area contributed by atoms with Crippen molar-refractivity contribution in [1.82, 2.24) is 0 Å². The first kappa shape index (κ1) is 11.7. The Balaban J connectivity index is 2.26. The fourth-order valence-corrected chi connectivity index (χ4v) is 2.18. The third kappa shape index (κ3) is 3.76.